The van der Waals surface area contributed by atoms with Crippen LogP contribution in [0.3, 0.4) is 0 Å². The number of piperazine rings is 1. The van der Waals surface area contributed by atoms with Crippen LogP contribution in [0.25, 0.3) is 32.2 Å². The van der Waals surface area contributed by atoms with E-state index in [-0.39, 0.29) is 10.7 Å². The van der Waals surface area contributed by atoms with Crippen LogP contribution >= 0.6 is 11.3 Å². The van der Waals surface area contributed by atoms with Crippen LogP contribution in [0.15, 0.2) is 24.3 Å². The maximum atomic E-state index is 15.9. The Morgan fingerprint density at radius 1 is 1.00 bits per heavy atom. The number of anilines is 2. The summed E-state index contributed by atoms with van der Waals surface area (Å²) in [6, 6.07) is 7.06. The lowest BCUT2D eigenvalue weighted by molar-refractivity contribution is 0.108. The van der Waals surface area contributed by atoms with Gasteiger partial charge in [-0.1, -0.05) is 11.3 Å². The quantitative estimate of drug-likeness (QED) is 0.361. The molecule has 208 valence electrons. The van der Waals surface area contributed by atoms with Gasteiger partial charge in [0.15, 0.2) is 5.13 Å². The molecule has 0 amide bonds. The minimum atomic E-state index is -0.431. The Morgan fingerprint density at radius 2 is 1.77 bits per heavy atom. The van der Waals surface area contributed by atoms with E-state index in [1.807, 2.05) is 0 Å². The van der Waals surface area contributed by atoms with Crippen molar-refractivity contribution in [1.29, 1.82) is 0 Å². The summed E-state index contributed by atoms with van der Waals surface area (Å²) in [5.41, 5.74) is 7.71. The second-order valence-electron chi connectivity index (χ2n) is 11.7. The third kappa shape index (κ3) is 3.77. The van der Waals surface area contributed by atoms with Crippen LogP contribution in [-0.2, 0) is 0 Å². The van der Waals surface area contributed by atoms with E-state index in [4.69, 9.17) is 20.4 Å². The lowest BCUT2D eigenvalue weighted by Gasteiger charge is -2.37. The first-order valence-electron chi connectivity index (χ1n) is 14.2. The number of aromatic nitrogens is 3. The number of nitrogens with two attached hydrogens (primary N) is 1. The number of nitrogen functional groups attached to an aromatic ring is 1. The van der Waals surface area contributed by atoms with Crippen molar-refractivity contribution >= 4 is 43.4 Å². The average molecular weight is 564 g/mol. The first kappa shape index (κ1) is 24.6. The molecule has 4 aliphatic rings. The van der Waals surface area contributed by atoms with Crippen LogP contribution in [-0.4, -0.2) is 70.3 Å². The normalized spacial score (nSPS) is 23.9. The molecule has 40 heavy (non-hydrogen) atoms. The summed E-state index contributed by atoms with van der Waals surface area (Å²) in [6.07, 6.45) is 6.76. The lowest BCUT2D eigenvalue weighted by atomic mass is 9.95. The number of hydrogen-bond acceptors (Lipinski definition) is 9. The summed E-state index contributed by atoms with van der Waals surface area (Å²) in [4.78, 5) is 19.0. The predicted octanol–water partition coefficient (Wildman–Crippen LogP) is 4.71. The number of fused-ring (bicyclic) bond motifs is 5. The molecule has 8 nitrogen and oxygen atoms in total. The Labute approximate surface area is 234 Å². The van der Waals surface area contributed by atoms with E-state index in [1.54, 1.807) is 12.1 Å². The van der Waals surface area contributed by atoms with E-state index < -0.39 is 11.6 Å². The number of thiazole rings is 1. The molecule has 0 aliphatic carbocycles. The maximum Gasteiger partial charge on any atom is 0.319 e. The van der Waals surface area contributed by atoms with Gasteiger partial charge < -0.3 is 20.7 Å². The minimum Gasteiger partial charge on any atom is -0.461 e. The minimum absolute atomic E-state index is 0.0603. The number of halogens is 2. The largest absolute Gasteiger partial charge is 0.461 e. The van der Waals surface area contributed by atoms with E-state index in [2.05, 4.69) is 20.1 Å². The molecule has 6 heterocycles. The van der Waals surface area contributed by atoms with Gasteiger partial charge in [-0.2, -0.15) is 9.97 Å². The highest BCUT2D eigenvalue weighted by atomic mass is 32.1. The molecule has 8 rings (SSSR count). The molecule has 3 N–H and O–H groups in total. The van der Waals surface area contributed by atoms with Gasteiger partial charge in [0, 0.05) is 41.7 Å². The third-order valence-corrected chi connectivity index (χ3v) is 10.3. The van der Waals surface area contributed by atoms with Crippen LogP contribution < -0.4 is 20.7 Å². The zero-order chi connectivity index (χ0) is 27.0. The Kier molecular flexibility index (Phi) is 5.66. The van der Waals surface area contributed by atoms with Crippen molar-refractivity contribution in [1.82, 2.24) is 25.2 Å². The number of ether oxygens (including phenoxy) is 1. The van der Waals surface area contributed by atoms with E-state index >= 15 is 4.39 Å². The summed E-state index contributed by atoms with van der Waals surface area (Å²) in [6.45, 7) is 4.53. The van der Waals surface area contributed by atoms with Crippen molar-refractivity contribution < 1.29 is 13.5 Å². The maximum absolute atomic E-state index is 15.9. The number of hydrogen-bond donors (Lipinski definition) is 2. The highest BCUT2D eigenvalue weighted by molar-refractivity contribution is 7.22. The fourth-order valence-corrected chi connectivity index (χ4v) is 8.34. The van der Waals surface area contributed by atoms with Crippen molar-refractivity contribution in [3.63, 3.8) is 0 Å². The van der Waals surface area contributed by atoms with Gasteiger partial charge in [0.1, 0.15) is 24.1 Å². The lowest BCUT2D eigenvalue weighted by Crippen LogP contribution is -2.52. The van der Waals surface area contributed by atoms with E-state index in [0.29, 0.717) is 56.9 Å². The molecular formula is C29H31F2N7OS. The number of nitrogens with one attached hydrogen (secondary N) is 1. The molecule has 4 aliphatic heterocycles. The van der Waals surface area contributed by atoms with Gasteiger partial charge >= 0.3 is 6.01 Å². The van der Waals surface area contributed by atoms with Gasteiger partial charge in [0.25, 0.3) is 0 Å². The van der Waals surface area contributed by atoms with Gasteiger partial charge in [0.05, 0.1) is 21.3 Å². The van der Waals surface area contributed by atoms with Gasteiger partial charge in [-0.05, 0) is 75.9 Å². The van der Waals surface area contributed by atoms with Crippen LogP contribution in [0.1, 0.15) is 38.5 Å². The second-order valence-corrected chi connectivity index (χ2v) is 12.7. The fraction of sp³-hybridized carbons (Fsp3) is 0.483. The predicted molar refractivity (Wildman–Crippen MR) is 153 cm³/mol. The van der Waals surface area contributed by atoms with Crippen molar-refractivity contribution in [2.24, 2.45) is 0 Å². The molecule has 2 bridgehead atoms. The molecule has 11 heteroatoms. The van der Waals surface area contributed by atoms with Crippen LogP contribution in [0.4, 0.5) is 19.7 Å². The van der Waals surface area contributed by atoms with Crippen LogP contribution in [0.2, 0.25) is 0 Å². The first-order valence-corrected chi connectivity index (χ1v) is 15.0. The van der Waals surface area contributed by atoms with Crippen molar-refractivity contribution in [3.8, 4) is 17.1 Å². The zero-order valence-corrected chi connectivity index (χ0v) is 22.9. The molecule has 2 unspecified atom stereocenters. The van der Waals surface area contributed by atoms with E-state index in [0.717, 1.165) is 69.0 Å². The Bertz CT molecular complexity index is 1620. The molecular weight excluding hydrogens is 532 g/mol. The van der Waals surface area contributed by atoms with Crippen molar-refractivity contribution in [2.75, 3.05) is 43.4 Å². The summed E-state index contributed by atoms with van der Waals surface area (Å²) < 4.78 is 37.2. The Balaban J connectivity index is 1.26. The number of benzene rings is 2. The molecule has 2 atom stereocenters. The standard InChI is InChI=1S/C29H31F2N7OS/c30-21-6-5-18(24-25(21)40-27(32)35-24)19-12-23-20(11-22(19)31)26(38-16-3-4-17(38)14-33-13-16)36-28(34-23)39-15-29-7-1-9-37(29)10-2-8-29/h5-6,11-12,16-17,33H,1-4,7-10,13-15H2,(H2,32,35). The molecule has 2 aromatic heterocycles. The number of nitrogens with zero attached hydrogens (tertiary/aromatic N) is 5. The van der Waals surface area contributed by atoms with Gasteiger partial charge in [0.2, 0.25) is 0 Å². The van der Waals surface area contributed by atoms with Crippen molar-refractivity contribution in [3.05, 3.63) is 35.9 Å². The molecule has 0 saturated carbocycles. The van der Waals surface area contributed by atoms with Crippen LogP contribution in [0, 0.1) is 11.6 Å². The van der Waals surface area contributed by atoms with Gasteiger partial charge in [-0.3, -0.25) is 4.90 Å². The summed E-state index contributed by atoms with van der Waals surface area (Å²) in [5, 5.41) is 4.42. The van der Waals surface area contributed by atoms with Crippen LogP contribution in [0.5, 0.6) is 6.01 Å². The SMILES string of the molecule is Nc1nc2c(-c3cc4nc(OCC56CCCN5CCC6)nc(N5C6CCC5CNC6)c4cc3F)ccc(F)c2s1. The van der Waals surface area contributed by atoms with E-state index in [9.17, 15) is 4.39 Å². The smallest absolute Gasteiger partial charge is 0.319 e. The van der Waals surface area contributed by atoms with Crippen molar-refractivity contribution in [2.45, 2.75) is 56.1 Å². The first-order chi connectivity index (χ1) is 19.5. The molecule has 0 radical (unpaired) electrons. The molecule has 4 aromatic rings. The molecule has 4 saturated heterocycles. The fourth-order valence-electron chi connectivity index (χ4n) is 7.57. The monoisotopic (exact) mass is 563 g/mol. The molecule has 0 spiro atoms. The highest BCUT2D eigenvalue weighted by Gasteiger charge is 2.45. The summed E-state index contributed by atoms with van der Waals surface area (Å²) in [7, 11) is 0. The summed E-state index contributed by atoms with van der Waals surface area (Å²) >= 11 is 1.06. The Morgan fingerprint density at radius 3 is 2.55 bits per heavy atom. The highest BCUT2D eigenvalue weighted by Crippen LogP contribution is 2.42. The number of rotatable bonds is 5. The third-order valence-electron chi connectivity index (χ3n) is 9.45. The summed E-state index contributed by atoms with van der Waals surface area (Å²) in [5.74, 6) is -0.121. The Hall–Kier alpha value is -3.15. The van der Waals surface area contributed by atoms with E-state index in [1.165, 1.54) is 25.0 Å². The topological polar surface area (TPSA) is 92.4 Å². The average Bonchev–Trinajstić information content (AvgIpc) is 3.69. The molecule has 4 fully saturated rings. The second kappa shape index (κ2) is 9.19. The van der Waals surface area contributed by atoms with Gasteiger partial charge in [-0.15, -0.1) is 0 Å². The van der Waals surface area contributed by atoms with Gasteiger partial charge in [-0.25, -0.2) is 13.8 Å². The molecule has 2 aromatic carbocycles. The zero-order valence-electron chi connectivity index (χ0n) is 22.1.